The van der Waals surface area contributed by atoms with Crippen molar-refractivity contribution in [1.82, 2.24) is 10.2 Å². The van der Waals surface area contributed by atoms with E-state index in [0.717, 1.165) is 30.7 Å². The molecule has 0 bridgehead atoms. The van der Waals surface area contributed by atoms with Gasteiger partial charge < -0.3 is 10.2 Å². The van der Waals surface area contributed by atoms with Gasteiger partial charge in [-0.25, -0.2) is 0 Å². The van der Waals surface area contributed by atoms with Gasteiger partial charge in [-0.15, -0.1) is 0 Å². The number of rotatable bonds is 8. The second-order valence-corrected chi connectivity index (χ2v) is 7.51. The molecule has 0 aliphatic carbocycles. The molecule has 2 amide bonds. The second kappa shape index (κ2) is 9.94. The van der Waals surface area contributed by atoms with E-state index in [4.69, 9.17) is 11.6 Å². The highest BCUT2D eigenvalue weighted by Gasteiger charge is 2.29. The molecule has 1 saturated heterocycles. The van der Waals surface area contributed by atoms with Crippen molar-refractivity contribution in [2.24, 2.45) is 5.92 Å². The fourth-order valence-electron chi connectivity index (χ4n) is 2.83. The van der Waals surface area contributed by atoms with Gasteiger partial charge in [-0.3, -0.25) is 9.59 Å². The summed E-state index contributed by atoms with van der Waals surface area (Å²) in [6.45, 7) is 1.90. The van der Waals surface area contributed by atoms with Crippen molar-refractivity contribution in [3.8, 4) is 0 Å². The molecule has 132 valence electrons. The van der Waals surface area contributed by atoms with Crippen LogP contribution in [0.4, 0.5) is 0 Å². The Morgan fingerprint density at radius 3 is 2.83 bits per heavy atom. The third kappa shape index (κ3) is 6.02. The van der Waals surface area contributed by atoms with Crippen LogP contribution in [0.25, 0.3) is 0 Å². The average Bonchev–Trinajstić information content (AvgIpc) is 2.59. The van der Waals surface area contributed by atoms with E-state index in [0.29, 0.717) is 31.0 Å². The van der Waals surface area contributed by atoms with E-state index in [2.05, 4.69) is 11.6 Å². The molecule has 1 aromatic carbocycles. The van der Waals surface area contributed by atoms with E-state index < -0.39 is 0 Å². The molecule has 6 heteroatoms. The van der Waals surface area contributed by atoms with E-state index in [1.165, 1.54) is 0 Å². The van der Waals surface area contributed by atoms with Gasteiger partial charge in [0.2, 0.25) is 11.8 Å². The van der Waals surface area contributed by atoms with Crippen molar-refractivity contribution in [1.29, 1.82) is 0 Å². The predicted molar refractivity (Wildman–Crippen MR) is 100 cm³/mol. The van der Waals surface area contributed by atoms with Gasteiger partial charge in [0.1, 0.15) is 0 Å². The number of halogens is 1. The number of carbonyl (C=O) groups excluding carboxylic acids is 2. The minimum absolute atomic E-state index is 0.0813. The summed E-state index contributed by atoms with van der Waals surface area (Å²) in [6, 6.07) is 7.68. The summed E-state index contributed by atoms with van der Waals surface area (Å²) in [7, 11) is 0. The molecule has 1 aromatic rings. The lowest BCUT2D eigenvalue weighted by Crippen LogP contribution is -2.46. The summed E-state index contributed by atoms with van der Waals surface area (Å²) < 4.78 is 0. The lowest BCUT2D eigenvalue weighted by molar-refractivity contribution is -0.138. The lowest BCUT2D eigenvalue weighted by atomic mass is 9.96. The number of benzene rings is 1. The van der Waals surface area contributed by atoms with E-state index in [1.54, 1.807) is 11.8 Å². The SMILES string of the molecule is CSCCCNC(=O)[C@@H]1CCC(=O)N(CCc2ccc(Cl)cc2)C1. The summed E-state index contributed by atoms with van der Waals surface area (Å²) in [6.07, 6.45) is 4.95. The van der Waals surface area contributed by atoms with E-state index >= 15 is 0 Å². The van der Waals surface area contributed by atoms with Crippen LogP contribution in [-0.4, -0.2) is 48.4 Å². The largest absolute Gasteiger partial charge is 0.356 e. The van der Waals surface area contributed by atoms with Crippen molar-refractivity contribution in [2.75, 3.05) is 31.6 Å². The second-order valence-electron chi connectivity index (χ2n) is 6.09. The fourth-order valence-corrected chi connectivity index (χ4v) is 3.39. The number of piperidine rings is 1. The number of amides is 2. The van der Waals surface area contributed by atoms with Crippen LogP contribution in [0.15, 0.2) is 24.3 Å². The van der Waals surface area contributed by atoms with Crippen LogP contribution in [0.5, 0.6) is 0 Å². The first-order valence-electron chi connectivity index (χ1n) is 8.39. The number of hydrogen-bond donors (Lipinski definition) is 1. The quantitative estimate of drug-likeness (QED) is 0.717. The monoisotopic (exact) mass is 368 g/mol. The Bertz CT molecular complexity index is 550. The highest BCUT2D eigenvalue weighted by Crippen LogP contribution is 2.19. The molecule has 1 heterocycles. The van der Waals surface area contributed by atoms with Crippen molar-refractivity contribution in [2.45, 2.75) is 25.7 Å². The Hall–Kier alpha value is -1.20. The summed E-state index contributed by atoms with van der Waals surface area (Å²) in [5.74, 6) is 1.20. The maximum Gasteiger partial charge on any atom is 0.224 e. The van der Waals surface area contributed by atoms with Crippen LogP contribution in [0.3, 0.4) is 0 Å². The first kappa shape index (κ1) is 19.1. The first-order valence-corrected chi connectivity index (χ1v) is 10.2. The van der Waals surface area contributed by atoms with Gasteiger partial charge >= 0.3 is 0 Å². The number of carbonyl (C=O) groups is 2. The molecule has 0 radical (unpaired) electrons. The zero-order valence-electron chi connectivity index (χ0n) is 14.1. The Balaban J connectivity index is 1.80. The number of nitrogens with one attached hydrogen (secondary N) is 1. The molecule has 1 N–H and O–H groups in total. The maximum atomic E-state index is 12.3. The summed E-state index contributed by atoms with van der Waals surface area (Å²) >= 11 is 7.67. The maximum absolute atomic E-state index is 12.3. The van der Waals surface area contributed by atoms with Crippen LogP contribution in [0.2, 0.25) is 5.02 Å². The molecular formula is C18H25ClN2O2S. The minimum Gasteiger partial charge on any atom is -0.356 e. The standard InChI is InChI=1S/C18H25ClN2O2S/c1-24-12-2-10-20-18(23)15-5-8-17(22)21(13-15)11-9-14-3-6-16(19)7-4-14/h3-4,6-7,15H,2,5,8-13H2,1H3,(H,20,23)/t15-/m1/s1. The van der Waals surface area contributed by atoms with Gasteiger partial charge in [0.25, 0.3) is 0 Å². The third-order valence-corrected chi connectivity index (χ3v) is 5.23. The van der Waals surface area contributed by atoms with Crippen molar-refractivity contribution >= 4 is 35.2 Å². The average molecular weight is 369 g/mol. The first-order chi connectivity index (χ1) is 11.6. The number of nitrogens with zero attached hydrogens (tertiary/aromatic N) is 1. The third-order valence-electron chi connectivity index (χ3n) is 4.28. The molecule has 4 nitrogen and oxygen atoms in total. The minimum atomic E-state index is -0.0813. The van der Waals surface area contributed by atoms with Gasteiger partial charge in [0.15, 0.2) is 0 Å². The van der Waals surface area contributed by atoms with Gasteiger partial charge in [-0.1, -0.05) is 23.7 Å². The smallest absolute Gasteiger partial charge is 0.224 e. The number of hydrogen-bond acceptors (Lipinski definition) is 3. The molecule has 1 aliphatic rings. The predicted octanol–water partition coefficient (Wildman–Crippen LogP) is 2.99. The molecule has 0 spiro atoms. The zero-order valence-corrected chi connectivity index (χ0v) is 15.7. The molecule has 0 unspecified atom stereocenters. The van der Waals surface area contributed by atoms with E-state index in [1.807, 2.05) is 29.2 Å². The Labute approximate surface area is 153 Å². The molecular weight excluding hydrogens is 344 g/mol. The zero-order chi connectivity index (χ0) is 17.4. The Morgan fingerprint density at radius 2 is 2.12 bits per heavy atom. The number of thioether (sulfide) groups is 1. The van der Waals surface area contributed by atoms with Gasteiger partial charge in [0.05, 0.1) is 5.92 Å². The molecule has 0 saturated carbocycles. The van der Waals surface area contributed by atoms with Crippen LogP contribution in [0, 0.1) is 5.92 Å². The molecule has 1 fully saturated rings. The van der Waals surface area contributed by atoms with Crippen molar-refractivity contribution < 1.29 is 9.59 Å². The molecule has 2 rings (SSSR count). The van der Waals surface area contributed by atoms with Gasteiger partial charge in [-0.2, -0.15) is 11.8 Å². The van der Waals surface area contributed by atoms with Gasteiger partial charge in [0, 0.05) is 31.1 Å². The van der Waals surface area contributed by atoms with Crippen molar-refractivity contribution in [3.05, 3.63) is 34.9 Å². The molecule has 1 aliphatic heterocycles. The lowest BCUT2D eigenvalue weighted by Gasteiger charge is -2.32. The summed E-state index contributed by atoms with van der Waals surface area (Å²) in [5.41, 5.74) is 1.15. The molecule has 1 atom stereocenters. The van der Waals surface area contributed by atoms with Crippen LogP contribution < -0.4 is 5.32 Å². The van der Waals surface area contributed by atoms with Crippen LogP contribution >= 0.6 is 23.4 Å². The molecule has 24 heavy (non-hydrogen) atoms. The topological polar surface area (TPSA) is 49.4 Å². The van der Waals surface area contributed by atoms with Crippen LogP contribution in [0.1, 0.15) is 24.8 Å². The highest BCUT2D eigenvalue weighted by molar-refractivity contribution is 7.98. The Morgan fingerprint density at radius 1 is 1.38 bits per heavy atom. The van der Waals surface area contributed by atoms with E-state index in [-0.39, 0.29) is 17.7 Å². The van der Waals surface area contributed by atoms with E-state index in [9.17, 15) is 9.59 Å². The molecule has 0 aromatic heterocycles. The number of likely N-dealkylation sites (tertiary alicyclic amines) is 1. The summed E-state index contributed by atoms with van der Waals surface area (Å²) in [5, 5.41) is 3.71. The van der Waals surface area contributed by atoms with Crippen molar-refractivity contribution in [3.63, 3.8) is 0 Å². The summed E-state index contributed by atoms with van der Waals surface area (Å²) in [4.78, 5) is 26.2. The highest BCUT2D eigenvalue weighted by atomic mass is 35.5. The normalized spacial score (nSPS) is 17.8. The fraction of sp³-hybridized carbons (Fsp3) is 0.556. The van der Waals surface area contributed by atoms with Crippen LogP contribution in [-0.2, 0) is 16.0 Å². The Kier molecular flexibility index (Phi) is 7.92. The van der Waals surface area contributed by atoms with Gasteiger partial charge in [-0.05, 0) is 49.0 Å².